The summed E-state index contributed by atoms with van der Waals surface area (Å²) in [6, 6.07) is 10.6. The lowest BCUT2D eigenvalue weighted by Gasteiger charge is -2.41. The maximum absolute atomic E-state index is 4.69. The summed E-state index contributed by atoms with van der Waals surface area (Å²) in [5, 5.41) is 5.96. The van der Waals surface area contributed by atoms with E-state index < -0.39 is 0 Å². The Hall–Kier alpha value is -1.45. The van der Waals surface area contributed by atoms with Crippen LogP contribution in [0, 0.1) is 0 Å². The van der Waals surface area contributed by atoms with Crippen LogP contribution in [0.3, 0.4) is 0 Å². The summed E-state index contributed by atoms with van der Waals surface area (Å²) in [5.41, 5.74) is 1.16. The molecule has 100 valence electrons. The highest BCUT2D eigenvalue weighted by atomic mass is 15.2. The lowest BCUT2D eigenvalue weighted by molar-refractivity contribution is 0.100. The molecule has 0 unspecified atom stereocenters. The summed E-state index contributed by atoms with van der Waals surface area (Å²) in [6.07, 6.45) is 1.93. The zero-order valence-corrected chi connectivity index (χ0v) is 11.7. The normalized spacial score (nSPS) is 17.8. The van der Waals surface area contributed by atoms with Crippen LogP contribution in [0.5, 0.6) is 0 Å². The molecular weight excluding hydrogens is 234 g/mol. The van der Waals surface area contributed by atoms with E-state index in [9.17, 15) is 0 Å². The Morgan fingerprint density at radius 2 is 1.84 bits per heavy atom. The Labute approximate surface area is 114 Å². The van der Waals surface area contributed by atoms with Gasteiger partial charge in [-0.15, -0.1) is 0 Å². The monoisotopic (exact) mass is 255 g/mol. The number of fused-ring (bicyclic) bond motifs is 1. The fourth-order valence-electron chi connectivity index (χ4n) is 2.98. The third-order valence-electron chi connectivity index (χ3n) is 4.16. The molecule has 3 nitrogen and oxygen atoms in total. The number of benzene rings is 1. The van der Waals surface area contributed by atoms with Gasteiger partial charge in [-0.1, -0.05) is 24.3 Å². The highest BCUT2D eigenvalue weighted by molar-refractivity contribution is 5.85. The zero-order valence-electron chi connectivity index (χ0n) is 11.7. The molecule has 1 N–H and O–H groups in total. The number of pyridine rings is 1. The van der Waals surface area contributed by atoms with Gasteiger partial charge < -0.3 is 5.32 Å². The molecule has 1 aliphatic heterocycles. The average Bonchev–Trinajstić information content (AvgIpc) is 2.47. The first-order chi connectivity index (χ1) is 9.19. The molecule has 0 bridgehead atoms. The number of nitrogens with zero attached hydrogens (tertiary/aromatic N) is 2. The number of hydrogen-bond donors (Lipinski definition) is 1. The number of rotatable bonds is 2. The molecule has 1 aromatic heterocycles. The van der Waals surface area contributed by atoms with Crippen LogP contribution in [0.1, 0.15) is 19.5 Å². The molecule has 2 heterocycles. The molecule has 0 radical (unpaired) electrons. The minimum Gasteiger partial charge on any atom is -0.314 e. The van der Waals surface area contributed by atoms with E-state index >= 15 is 0 Å². The molecule has 1 fully saturated rings. The van der Waals surface area contributed by atoms with Crippen molar-refractivity contribution in [3.8, 4) is 0 Å². The summed E-state index contributed by atoms with van der Waals surface area (Å²) in [7, 11) is 0. The Kier molecular flexibility index (Phi) is 3.25. The van der Waals surface area contributed by atoms with Gasteiger partial charge in [0, 0.05) is 37.8 Å². The van der Waals surface area contributed by atoms with E-state index in [1.54, 1.807) is 0 Å². The van der Waals surface area contributed by atoms with Crippen LogP contribution in [0.4, 0.5) is 0 Å². The van der Waals surface area contributed by atoms with Crippen molar-refractivity contribution in [1.29, 1.82) is 0 Å². The number of piperazine rings is 1. The largest absolute Gasteiger partial charge is 0.314 e. The van der Waals surface area contributed by atoms with Gasteiger partial charge in [0.05, 0.1) is 11.2 Å². The quantitative estimate of drug-likeness (QED) is 0.893. The Bertz CT molecular complexity index is 566. The fourth-order valence-corrected chi connectivity index (χ4v) is 2.98. The smallest absolute Gasteiger partial charge is 0.0679 e. The predicted octanol–water partition coefficient (Wildman–Crippen LogP) is 2.38. The van der Waals surface area contributed by atoms with Crippen molar-refractivity contribution in [1.82, 2.24) is 15.2 Å². The van der Waals surface area contributed by atoms with Gasteiger partial charge in [-0.3, -0.25) is 9.88 Å². The first-order valence-electron chi connectivity index (χ1n) is 6.99. The summed E-state index contributed by atoms with van der Waals surface area (Å²) in [4.78, 5) is 7.22. The van der Waals surface area contributed by atoms with Gasteiger partial charge in [0.2, 0.25) is 0 Å². The number of hydrogen-bond acceptors (Lipinski definition) is 3. The Balaban J connectivity index is 2.07. The van der Waals surface area contributed by atoms with Crippen LogP contribution in [0.2, 0.25) is 0 Å². The van der Waals surface area contributed by atoms with E-state index in [1.807, 2.05) is 6.20 Å². The molecule has 3 rings (SSSR count). The second-order valence-electron chi connectivity index (χ2n) is 5.68. The van der Waals surface area contributed by atoms with Crippen LogP contribution in [-0.2, 0) is 5.54 Å². The maximum atomic E-state index is 4.69. The fraction of sp³-hybridized carbons (Fsp3) is 0.438. The van der Waals surface area contributed by atoms with E-state index in [1.165, 1.54) is 16.5 Å². The molecule has 1 aromatic carbocycles. The number of nitrogens with one attached hydrogen (secondary N) is 1. The summed E-state index contributed by atoms with van der Waals surface area (Å²) < 4.78 is 0. The van der Waals surface area contributed by atoms with Crippen molar-refractivity contribution < 1.29 is 0 Å². The molecule has 0 spiro atoms. The molecule has 19 heavy (non-hydrogen) atoms. The molecule has 1 aliphatic rings. The Morgan fingerprint density at radius 1 is 1.11 bits per heavy atom. The Morgan fingerprint density at radius 3 is 2.63 bits per heavy atom. The highest BCUT2D eigenvalue weighted by Crippen LogP contribution is 2.31. The third kappa shape index (κ3) is 2.24. The molecule has 3 heteroatoms. The minimum atomic E-state index is -0.0248. The first kappa shape index (κ1) is 12.6. The van der Waals surface area contributed by atoms with E-state index in [0.29, 0.717) is 0 Å². The molecule has 0 saturated carbocycles. The van der Waals surface area contributed by atoms with E-state index in [-0.39, 0.29) is 5.54 Å². The van der Waals surface area contributed by atoms with Crippen LogP contribution in [0.25, 0.3) is 10.8 Å². The van der Waals surface area contributed by atoms with Crippen LogP contribution in [-0.4, -0.2) is 36.1 Å². The lowest BCUT2D eigenvalue weighted by atomic mass is 9.92. The highest BCUT2D eigenvalue weighted by Gasteiger charge is 2.32. The topological polar surface area (TPSA) is 28.2 Å². The van der Waals surface area contributed by atoms with E-state index in [0.717, 1.165) is 26.2 Å². The van der Waals surface area contributed by atoms with Crippen molar-refractivity contribution in [2.24, 2.45) is 0 Å². The first-order valence-corrected chi connectivity index (χ1v) is 6.99. The standard InChI is InChI=1S/C16H21N3/c1-16(2,19-11-9-17-10-12-19)15-14-6-4-3-5-13(14)7-8-18-15/h3-8,17H,9-12H2,1-2H3. The molecule has 1 saturated heterocycles. The second kappa shape index (κ2) is 4.91. The van der Waals surface area contributed by atoms with Crippen molar-refractivity contribution in [3.63, 3.8) is 0 Å². The summed E-state index contributed by atoms with van der Waals surface area (Å²) in [6.45, 7) is 8.86. The minimum absolute atomic E-state index is 0.0248. The van der Waals surface area contributed by atoms with Gasteiger partial charge in [-0.05, 0) is 25.3 Å². The SMILES string of the molecule is CC(C)(c1nccc2ccccc12)N1CCNCC1. The number of aromatic nitrogens is 1. The lowest BCUT2D eigenvalue weighted by Crippen LogP contribution is -2.52. The van der Waals surface area contributed by atoms with Gasteiger partial charge in [0.15, 0.2) is 0 Å². The van der Waals surface area contributed by atoms with Crippen molar-refractivity contribution in [3.05, 3.63) is 42.2 Å². The van der Waals surface area contributed by atoms with Crippen LogP contribution in [0.15, 0.2) is 36.5 Å². The molecular formula is C16H21N3. The third-order valence-corrected chi connectivity index (χ3v) is 4.16. The molecule has 0 aliphatic carbocycles. The van der Waals surface area contributed by atoms with Crippen molar-refractivity contribution in [2.45, 2.75) is 19.4 Å². The zero-order chi connectivity index (χ0) is 13.3. The van der Waals surface area contributed by atoms with Gasteiger partial charge in [-0.25, -0.2) is 0 Å². The summed E-state index contributed by atoms with van der Waals surface area (Å²) in [5.74, 6) is 0. The van der Waals surface area contributed by atoms with Gasteiger partial charge in [0.25, 0.3) is 0 Å². The summed E-state index contributed by atoms with van der Waals surface area (Å²) >= 11 is 0. The van der Waals surface area contributed by atoms with E-state index in [2.05, 4.69) is 54.4 Å². The second-order valence-corrected chi connectivity index (χ2v) is 5.68. The van der Waals surface area contributed by atoms with Crippen LogP contribution >= 0.6 is 0 Å². The molecule has 2 aromatic rings. The van der Waals surface area contributed by atoms with Gasteiger partial charge in [0.1, 0.15) is 0 Å². The average molecular weight is 255 g/mol. The van der Waals surface area contributed by atoms with Crippen LogP contribution < -0.4 is 5.32 Å². The van der Waals surface area contributed by atoms with Crippen molar-refractivity contribution >= 4 is 10.8 Å². The van der Waals surface area contributed by atoms with Gasteiger partial charge in [-0.2, -0.15) is 0 Å². The predicted molar refractivity (Wildman–Crippen MR) is 79.2 cm³/mol. The molecule has 0 amide bonds. The molecule has 0 atom stereocenters. The van der Waals surface area contributed by atoms with E-state index in [4.69, 9.17) is 4.98 Å². The van der Waals surface area contributed by atoms with Gasteiger partial charge >= 0.3 is 0 Å². The van der Waals surface area contributed by atoms with Crippen molar-refractivity contribution in [2.75, 3.05) is 26.2 Å². The maximum Gasteiger partial charge on any atom is 0.0679 e.